The molecule has 1 aliphatic heterocycles. The molecule has 1 atom stereocenters. The predicted octanol–water partition coefficient (Wildman–Crippen LogP) is 2.16. The lowest BCUT2D eigenvalue weighted by atomic mass is 10.1. The number of benzene rings is 1. The van der Waals surface area contributed by atoms with Crippen molar-refractivity contribution < 1.29 is 0 Å². The van der Waals surface area contributed by atoms with E-state index >= 15 is 0 Å². The van der Waals surface area contributed by atoms with Gasteiger partial charge in [-0.2, -0.15) is 0 Å². The largest absolute Gasteiger partial charge is 0.339 e. The van der Waals surface area contributed by atoms with Crippen LogP contribution in [-0.2, 0) is 20.6 Å². The highest BCUT2D eigenvalue weighted by Gasteiger charge is 2.33. The maximum absolute atomic E-state index is 13.3. The summed E-state index contributed by atoms with van der Waals surface area (Å²) in [5, 5.41) is 7.16. The first-order valence-corrected chi connectivity index (χ1v) is 10.4. The number of thiazole rings is 1. The number of aromatic nitrogens is 4. The molecule has 7 nitrogen and oxygen atoms in total. The van der Waals surface area contributed by atoms with Gasteiger partial charge in [0.15, 0.2) is 0 Å². The number of hydrogen-bond acceptors (Lipinski definition) is 5. The monoisotopic (exact) mass is 407 g/mol. The van der Waals surface area contributed by atoms with Crippen LogP contribution in [0.25, 0.3) is 22.2 Å². The summed E-state index contributed by atoms with van der Waals surface area (Å²) in [5.41, 5.74) is 3.76. The molecule has 3 aromatic heterocycles. The minimum absolute atomic E-state index is 0.175. The summed E-state index contributed by atoms with van der Waals surface area (Å²) in [6.45, 7) is 3.45. The summed E-state index contributed by atoms with van der Waals surface area (Å²) < 4.78 is 4.97. The van der Waals surface area contributed by atoms with Crippen molar-refractivity contribution in [1.29, 1.82) is 0 Å². The lowest BCUT2D eigenvalue weighted by molar-refractivity contribution is 0.466. The first-order chi connectivity index (χ1) is 14.0. The average molecular weight is 407 g/mol. The zero-order valence-electron chi connectivity index (χ0n) is 16.5. The molecule has 29 heavy (non-hydrogen) atoms. The van der Waals surface area contributed by atoms with E-state index in [2.05, 4.69) is 14.9 Å². The molecule has 0 radical (unpaired) electrons. The minimum atomic E-state index is -0.325. The quantitative estimate of drug-likeness (QED) is 0.553. The molecular formula is C21H21N5O2S. The summed E-state index contributed by atoms with van der Waals surface area (Å²) >= 11 is 1.60. The van der Waals surface area contributed by atoms with Gasteiger partial charge in [0.05, 0.1) is 39.0 Å². The standard InChI is InChI=1S/C21H21N5O2S/c1-12-23-14(11-29-12)16-19-18-15(20(27)25(3)21(28)24(18)2)17(26(19)10-9-22-16)13-7-5-4-6-8-13/h4-8,11,16,22H,9-10H2,1-3H3. The third-order valence-electron chi connectivity index (χ3n) is 5.64. The smallest absolute Gasteiger partial charge is 0.331 e. The first-order valence-electron chi connectivity index (χ1n) is 9.52. The van der Waals surface area contributed by atoms with Crippen LogP contribution in [0.15, 0.2) is 45.3 Å². The van der Waals surface area contributed by atoms with Gasteiger partial charge in [-0.25, -0.2) is 9.78 Å². The van der Waals surface area contributed by atoms with Gasteiger partial charge in [-0.15, -0.1) is 11.3 Å². The maximum Gasteiger partial charge on any atom is 0.331 e. The molecule has 1 N–H and O–H groups in total. The molecule has 0 saturated heterocycles. The van der Waals surface area contributed by atoms with Crippen molar-refractivity contribution in [1.82, 2.24) is 24.0 Å². The third kappa shape index (κ3) is 2.56. The molecule has 0 amide bonds. The molecule has 0 saturated carbocycles. The molecule has 8 heteroatoms. The van der Waals surface area contributed by atoms with Crippen molar-refractivity contribution >= 4 is 22.2 Å². The molecule has 4 aromatic rings. The number of aryl methyl sites for hydroxylation is 2. The van der Waals surface area contributed by atoms with Crippen molar-refractivity contribution in [2.45, 2.75) is 19.5 Å². The van der Waals surface area contributed by atoms with Crippen molar-refractivity contribution in [3.05, 3.63) is 72.9 Å². The zero-order valence-corrected chi connectivity index (χ0v) is 17.3. The fraction of sp³-hybridized carbons (Fsp3) is 0.286. The van der Waals surface area contributed by atoms with E-state index in [-0.39, 0.29) is 17.3 Å². The van der Waals surface area contributed by atoms with Gasteiger partial charge in [-0.05, 0) is 12.5 Å². The Kier molecular flexibility index (Phi) is 4.07. The SMILES string of the molecule is Cc1nc(C2NCCn3c(-c4ccccc4)c4c(=O)n(C)c(=O)n(C)c4c32)cs1. The van der Waals surface area contributed by atoms with Crippen LogP contribution in [0.1, 0.15) is 22.4 Å². The van der Waals surface area contributed by atoms with Gasteiger partial charge < -0.3 is 9.88 Å². The maximum atomic E-state index is 13.3. The van der Waals surface area contributed by atoms with Crippen LogP contribution in [-0.4, -0.2) is 25.2 Å². The molecule has 148 valence electrons. The van der Waals surface area contributed by atoms with E-state index in [4.69, 9.17) is 0 Å². The summed E-state index contributed by atoms with van der Waals surface area (Å²) in [6, 6.07) is 9.74. The predicted molar refractivity (Wildman–Crippen MR) is 115 cm³/mol. The van der Waals surface area contributed by atoms with Gasteiger partial charge in [0.2, 0.25) is 0 Å². The van der Waals surface area contributed by atoms with Crippen molar-refractivity contribution in [2.24, 2.45) is 14.1 Å². The van der Waals surface area contributed by atoms with Crippen molar-refractivity contribution in [2.75, 3.05) is 6.54 Å². The Bertz CT molecular complexity index is 1360. The van der Waals surface area contributed by atoms with Crippen LogP contribution in [0.4, 0.5) is 0 Å². The molecule has 5 rings (SSSR count). The highest BCUT2D eigenvalue weighted by Crippen LogP contribution is 2.38. The van der Waals surface area contributed by atoms with E-state index in [1.807, 2.05) is 42.6 Å². The third-order valence-corrected chi connectivity index (χ3v) is 6.43. The Hall–Kier alpha value is -2.97. The lowest BCUT2D eigenvalue weighted by Gasteiger charge is -2.27. The van der Waals surface area contributed by atoms with E-state index in [0.717, 1.165) is 34.2 Å². The second-order valence-corrected chi connectivity index (χ2v) is 8.42. The Balaban J connectivity index is 1.97. The van der Waals surface area contributed by atoms with Crippen LogP contribution < -0.4 is 16.6 Å². The molecule has 4 heterocycles. The molecule has 0 spiro atoms. The first kappa shape index (κ1) is 18.1. The Morgan fingerprint density at radius 1 is 1.14 bits per heavy atom. The molecule has 0 bridgehead atoms. The highest BCUT2D eigenvalue weighted by molar-refractivity contribution is 7.09. The summed E-state index contributed by atoms with van der Waals surface area (Å²) in [4.78, 5) is 30.7. The van der Waals surface area contributed by atoms with E-state index < -0.39 is 0 Å². The van der Waals surface area contributed by atoms with Gasteiger partial charge >= 0.3 is 5.69 Å². The lowest BCUT2D eigenvalue weighted by Crippen LogP contribution is -2.38. The van der Waals surface area contributed by atoms with Crippen LogP contribution in [0.2, 0.25) is 0 Å². The molecule has 0 fully saturated rings. The second-order valence-electron chi connectivity index (χ2n) is 7.36. The summed E-state index contributed by atoms with van der Waals surface area (Å²) in [6.07, 6.45) is 0. The zero-order chi connectivity index (χ0) is 20.3. The van der Waals surface area contributed by atoms with Crippen LogP contribution >= 0.6 is 11.3 Å². The number of hydrogen-bond donors (Lipinski definition) is 1. The van der Waals surface area contributed by atoms with Crippen LogP contribution in [0.3, 0.4) is 0 Å². The molecular weight excluding hydrogens is 386 g/mol. The number of nitrogens with one attached hydrogen (secondary N) is 1. The van der Waals surface area contributed by atoms with Gasteiger partial charge in [0, 0.05) is 32.6 Å². The Morgan fingerprint density at radius 3 is 2.59 bits per heavy atom. The van der Waals surface area contributed by atoms with E-state index in [9.17, 15) is 9.59 Å². The van der Waals surface area contributed by atoms with Gasteiger partial charge in [-0.3, -0.25) is 13.9 Å². The summed E-state index contributed by atoms with van der Waals surface area (Å²) in [5.74, 6) is 0. The second kappa shape index (κ2) is 6.53. The van der Waals surface area contributed by atoms with Crippen LogP contribution in [0, 0.1) is 6.92 Å². The minimum Gasteiger partial charge on any atom is -0.339 e. The summed E-state index contributed by atoms with van der Waals surface area (Å²) in [7, 11) is 3.27. The number of rotatable bonds is 2. The van der Waals surface area contributed by atoms with Gasteiger partial charge in [0.1, 0.15) is 0 Å². The number of fused-ring (bicyclic) bond motifs is 3. The van der Waals surface area contributed by atoms with E-state index in [1.54, 1.807) is 23.0 Å². The topological polar surface area (TPSA) is 73.8 Å². The van der Waals surface area contributed by atoms with E-state index in [1.165, 1.54) is 11.6 Å². The van der Waals surface area contributed by atoms with E-state index in [0.29, 0.717) is 17.4 Å². The Labute approximate surface area is 170 Å². The highest BCUT2D eigenvalue weighted by atomic mass is 32.1. The molecule has 1 aliphatic rings. The van der Waals surface area contributed by atoms with Gasteiger partial charge in [0.25, 0.3) is 5.56 Å². The van der Waals surface area contributed by atoms with Gasteiger partial charge in [-0.1, -0.05) is 30.3 Å². The fourth-order valence-corrected chi connectivity index (χ4v) is 4.97. The van der Waals surface area contributed by atoms with Crippen LogP contribution in [0.5, 0.6) is 0 Å². The molecule has 1 unspecified atom stereocenters. The normalized spacial score (nSPS) is 16.3. The molecule has 0 aliphatic carbocycles. The Morgan fingerprint density at radius 2 is 1.90 bits per heavy atom. The number of nitrogens with zero attached hydrogens (tertiary/aromatic N) is 4. The van der Waals surface area contributed by atoms with Crippen molar-refractivity contribution in [3.63, 3.8) is 0 Å². The van der Waals surface area contributed by atoms with Crippen molar-refractivity contribution in [3.8, 4) is 11.3 Å². The average Bonchev–Trinajstić information content (AvgIpc) is 3.32. The molecule has 1 aromatic carbocycles. The fourth-order valence-electron chi connectivity index (χ4n) is 4.34.